The summed E-state index contributed by atoms with van der Waals surface area (Å²) in [5.41, 5.74) is -0.156. The van der Waals surface area contributed by atoms with E-state index < -0.39 is 0 Å². The van der Waals surface area contributed by atoms with Crippen molar-refractivity contribution in [2.24, 2.45) is 5.41 Å². The fraction of sp³-hybridized carbons (Fsp3) is 0.947. The van der Waals surface area contributed by atoms with Crippen LogP contribution in [0.25, 0.3) is 0 Å². The van der Waals surface area contributed by atoms with Gasteiger partial charge < -0.3 is 9.80 Å². The molecule has 0 bridgehead atoms. The van der Waals surface area contributed by atoms with Crippen molar-refractivity contribution in [2.45, 2.75) is 78.6 Å². The van der Waals surface area contributed by atoms with Gasteiger partial charge in [0.1, 0.15) is 0 Å². The molecule has 132 valence electrons. The van der Waals surface area contributed by atoms with E-state index in [-0.39, 0.29) is 5.41 Å². The SMILES string of the molecule is CCCCCCC(C)(CCCC)C(=O)N(C)CCCN(C)C. The molecule has 0 aromatic carbocycles. The van der Waals surface area contributed by atoms with Gasteiger partial charge in [0.25, 0.3) is 0 Å². The predicted octanol–water partition coefficient (Wildman–Crippen LogP) is 4.56. The Morgan fingerprint density at radius 3 is 1.95 bits per heavy atom. The van der Waals surface area contributed by atoms with Crippen molar-refractivity contribution < 1.29 is 4.79 Å². The second kappa shape index (κ2) is 11.9. The molecule has 0 spiro atoms. The molecule has 1 unspecified atom stereocenters. The van der Waals surface area contributed by atoms with Gasteiger partial charge in [0.05, 0.1) is 0 Å². The lowest BCUT2D eigenvalue weighted by atomic mass is 9.78. The van der Waals surface area contributed by atoms with Gasteiger partial charge in [0.15, 0.2) is 0 Å². The molecule has 0 N–H and O–H groups in total. The van der Waals surface area contributed by atoms with Crippen LogP contribution in [-0.2, 0) is 4.79 Å². The molecule has 0 radical (unpaired) electrons. The number of hydrogen-bond donors (Lipinski definition) is 0. The molecule has 0 aromatic rings. The van der Waals surface area contributed by atoms with Gasteiger partial charge in [-0.25, -0.2) is 0 Å². The summed E-state index contributed by atoms with van der Waals surface area (Å²) in [6.07, 6.45) is 10.4. The second-order valence-electron chi connectivity index (χ2n) is 7.36. The summed E-state index contributed by atoms with van der Waals surface area (Å²) in [5, 5.41) is 0. The first kappa shape index (κ1) is 21.4. The number of unbranched alkanes of at least 4 members (excludes halogenated alkanes) is 4. The Bertz CT molecular complexity index is 291. The normalized spacial score (nSPS) is 14.1. The maximum atomic E-state index is 12.9. The van der Waals surface area contributed by atoms with Gasteiger partial charge in [-0.15, -0.1) is 0 Å². The van der Waals surface area contributed by atoms with E-state index in [4.69, 9.17) is 0 Å². The quantitative estimate of drug-likeness (QED) is 0.465. The molecule has 0 saturated heterocycles. The van der Waals surface area contributed by atoms with Crippen LogP contribution in [0.4, 0.5) is 0 Å². The van der Waals surface area contributed by atoms with Crippen molar-refractivity contribution in [3.8, 4) is 0 Å². The van der Waals surface area contributed by atoms with Crippen LogP contribution in [0, 0.1) is 5.41 Å². The Hall–Kier alpha value is -0.570. The van der Waals surface area contributed by atoms with Gasteiger partial charge >= 0.3 is 0 Å². The minimum Gasteiger partial charge on any atom is -0.345 e. The summed E-state index contributed by atoms with van der Waals surface area (Å²) in [4.78, 5) is 17.1. The molecule has 0 aliphatic carbocycles. The highest BCUT2D eigenvalue weighted by atomic mass is 16.2. The lowest BCUT2D eigenvalue weighted by Crippen LogP contribution is -2.41. The van der Waals surface area contributed by atoms with Crippen molar-refractivity contribution in [1.29, 1.82) is 0 Å². The fourth-order valence-corrected chi connectivity index (χ4v) is 3.03. The van der Waals surface area contributed by atoms with Crippen LogP contribution in [0.1, 0.15) is 78.6 Å². The molecule has 22 heavy (non-hydrogen) atoms. The highest BCUT2D eigenvalue weighted by Gasteiger charge is 2.34. The average molecular weight is 313 g/mol. The number of carbonyl (C=O) groups is 1. The Morgan fingerprint density at radius 1 is 0.818 bits per heavy atom. The van der Waals surface area contributed by atoms with E-state index in [1.54, 1.807) is 0 Å². The fourth-order valence-electron chi connectivity index (χ4n) is 3.03. The third-order valence-electron chi connectivity index (χ3n) is 4.63. The lowest BCUT2D eigenvalue weighted by molar-refractivity contribution is -0.141. The summed E-state index contributed by atoms with van der Waals surface area (Å²) >= 11 is 0. The van der Waals surface area contributed by atoms with Crippen LogP contribution in [0.15, 0.2) is 0 Å². The molecule has 1 amide bonds. The first-order chi connectivity index (χ1) is 10.4. The van der Waals surface area contributed by atoms with E-state index in [9.17, 15) is 4.79 Å². The third-order valence-corrected chi connectivity index (χ3v) is 4.63. The number of rotatable bonds is 13. The van der Waals surface area contributed by atoms with Gasteiger partial charge in [-0.05, 0) is 39.9 Å². The zero-order valence-electron chi connectivity index (χ0n) is 16.1. The summed E-state index contributed by atoms with van der Waals surface area (Å²) in [6, 6.07) is 0. The third kappa shape index (κ3) is 8.77. The van der Waals surface area contributed by atoms with Gasteiger partial charge in [0.2, 0.25) is 5.91 Å². The highest BCUT2D eigenvalue weighted by Crippen LogP contribution is 2.33. The van der Waals surface area contributed by atoms with Crippen LogP contribution < -0.4 is 0 Å². The Kier molecular flexibility index (Phi) is 11.6. The Balaban J connectivity index is 4.51. The predicted molar refractivity (Wildman–Crippen MR) is 97.2 cm³/mol. The molecule has 0 aliphatic rings. The molecular formula is C19H40N2O. The summed E-state index contributed by atoms with van der Waals surface area (Å²) in [7, 11) is 6.15. The largest absolute Gasteiger partial charge is 0.345 e. The monoisotopic (exact) mass is 312 g/mol. The minimum absolute atomic E-state index is 0.156. The van der Waals surface area contributed by atoms with E-state index in [0.29, 0.717) is 5.91 Å². The van der Waals surface area contributed by atoms with E-state index in [1.165, 1.54) is 32.1 Å². The summed E-state index contributed by atoms with van der Waals surface area (Å²) in [5.74, 6) is 0.358. The van der Waals surface area contributed by atoms with Crippen molar-refractivity contribution in [3.05, 3.63) is 0 Å². The molecule has 0 aromatic heterocycles. The zero-order valence-corrected chi connectivity index (χ0v) is 16.1. The van der Waals surface area contributed by atoms with E-state index in [2.05, 4.69) is 39.8 Å². The highest BCUT2D eigenvalue weighted by molar-refractivity contribution is 5.82. The van der Waals surface area contributed by atoms with E-state index in [1.807, 2.05) is 11.9 Å². The molecular weight excluding hydrogens is 272 g/mol. The number of nitrogens with zero attached hydrogens (tertiary/aromatic N) is 2. The number of amides is 1. The van der Waals surface area contributed by atoms with Gasteiger partial charge in [0, 0.05) is 19.0 Å². The average Bonchev–Trinajstić information content (AvgIpc) is 2.48. The topological polar surface area (TPSA) is 23.6 Å². The molecule has 1 atom stereocenters. The molecule has 0 saturated carbocycles. The maximum Gasteiger partial charge on any atom is 0.228 e. The molecule has 3 nitrogen and oxygen atoms in total. The van der Waals surface area contributed by atoms with Crippen molar-refractivity contribution in [2.75, 3.05) is 34.2 Å². The van der Waals surface area contributed by atoms with Gasteiger partial charge in [-0.2, -0.15) is 0 Å². The van der Waals surface area contributed by atoms with Crippen LogP contribution >= 0.6 is 0 Å². The van der Waals surface area contributed by atoms with E-state index >= 15 is 0 Å². The smallest absolute Gasteiger partial charge is 0.228 e. The van der Waals surface area contributed by atoms with Crippen LogP contribution in [0.5, 0.6) is 0 Å². The number of carbonyl (C=O) groups excluding carboxylic acids is 1. The minimum atomic E-state index is -0.156. The van der Waals surface area contributed by atoms with E-state index in [0.717, 1.165) is 38.8 Å². The van der Waals surface area contributed by atoms with Crippen molar-refractivity contribution in [1.82, 2.24) is 9.80 Å². The molecule has 0 aliphatic heterocycles. The van der Waals surface area contributed by atoms with Crippen LogP contribution in [0.2, 0.25) is 0 Å². The molecule has 0 heterocycles. The van der Waals surface area contributed by atoms with Crippen molar-refractivity contribution >= 4 is 5.91 Å². The zero-order chi connectivity index (χ0) is 17.0. The summed E-state index contributed by atoms with van der Waals surface area (Å²) < 4.78 is 0. The summed E-state index contributed by atoms with van der Waals surface area (Å²) in [6.45, 7) is 8.55. The second-order valence-corrected chi connectivity index (χ2v) is 7.36. The van der Waals surface area contributed by atoms with Crippen LogP contribution in [0.3, 0.4) is 0 Å². The molecule has 3 heteroatoms. The van der Waals surface area contributed by atoms with Gasteiger partial charge in [-0.3, -0.25) is 4.79 Å². The molecule has 0 fully saturated rings. The Labute approximate surface area is 139 Å². The Morgan fingerprint density at radius 2 is 1.41 bits per heavy atom. The van der Waals surface area contributed by atoms with Crippen LogP contribution in [-0.4, -0.2) is 49.9 Å². The number of hydrogen-bond acceptors (Lipinski definition) is 2. The molecule has 0 rings (SSSR count). The van der Waals surface area contributed by atoms with Gasteiger partial charge in [-0.1, -0.05) is 59.3 Å². The first-order valence-corrected chi connectivity index (χ1v) is 9.27. The lowest BCUT2D eigenvalue weighted by Gasteiger charge is -2.33. The van der Waals surface area contributed by atoms with Crippen molar-refractivity contribution in [3.63, 3.8) is 0 Å². The first-order valence-electron chi connectivity index (χ1n) is 9.27. The maximum absolute atomic E-state index is 12.9. The standard InChI is InChI=1S/C19H40N2O/c1-7-9-11-12-15-19(3,14-10-8-2)18(22)21(6)17-13-16-20(4)5/h7-17H2,1-6H3.